The lowest BCUT2D eigenvalue weighted by Crippen LogP contribution is -2.10. The van der Waals surface area contributed by atoms with Crippen LogP contribution >= 0.6 is 0 Å². The van der Waals surface area contributed by atoms with Crippen molar-refractivity contribution in [2.75, 3.05) is 19.0 Å². The summed E-state index contributed by atoms with van der Waals surface area (Å²) in [7, 11) is 1.87. The zero-order valence-corrected chi connectivity index (χ0v) is 10.5. The van der Waals surface area contributed by atoms with E-state index in [0.29, 0.717) is 6.61 Å². The first-order valence-electron chi connectivity index (χ1n) is 6.03. The maximum Gasteiger partial charge on any atom is 0.142 e. The Labute approximate surface area is 106 Å². The molecule has 0 spiro atoms. The van der Waals surface area contributed by atoms with Crippen LogP contribution in [0.3, 0.4) is 0 Å². The van der Waals surface area contributed by atoms with Gasteiger partial charge >= 0.3 is 0 Å². The highest BCUT2D eigenvalue weighted by Crippen LogP contribution is 2.36. The van der Waals surface area contributed by atoms with Crippen LogP contribution in [-0.4, -0.2) is 23.6 Å². The summed E-state index contributed by atoms with van der Waals surface area (Å²) in [5.41, 5.74) is 2.14. The Morgan fingerprint density at radius 3 is 2.94 bits per heavy atom. The molecule has 0 amide bonds. The second-order valence-corrected chi connectivity index (χ2v) is 4.40. The molecule has 18 heavy (non-hydrogen) atoms. The number of aromatic nitrogens is 2. The van der Waals surface area contributed by atoms with Gasteiger partial charge in [0.05, 0.1) is 5.92 Å². The van der Waals surface area contributed by atoms with Crippen molar-refractivity contribution < 1.29 is 4.74 Å². The van der Waals surface area contributed by atoms with Gasteiger partial charge in [-0.2, -0.15) is 0 Å². The predicted molar refractivity (Wildman–Crippen MR) is 70.1 cm³/mol. The van der Waals surface area contributed by atoms with E-state index in [1.807, 2.05) is 38.2 Å². The lowest BCUT2D eigenvalue weighted by Gasteiger charge is -2.10. The summed E-state index contributed by atoms with van der Waals surface area (Å²) in [5.74, 6) is 2.75. The maximum absolute atomic E-state index is 5.68. The molecule has 0 saturated carbocycles. The molecule has 1 aromatic heterocycles. The standard InChI is InChI=1S/C14H15N3O/c1-9-7-13(15-2)17-14(16-9)11-8-18-12-6-4-3-5-10(11)12/h3-7,11H,8H2,1-2H3,(H,15,16,17). The zero-order chi connectivity index (χ0) is 12.5. The van der Waals surface area contributed by atoms with Crippen molar-refractivity contribution in [2.24, 2.45) is 0 Å². The Hall–Kier alpha value is -2.10. The Balaban J connectivity index is 2.04. The van der Waals surface area contributed by atoms with Crippen molar-refractivity contribution in [2.45, 2.75) is 12.8 Å². The molecule has 3 rings (SSSR count). The van der Waals surface area contributed by atoms with Gasteiger partial charge in [-0.05, 0) is 13.0 Å². The first kappa shape index (κ1) is 11.0. The van der Waals surface area contributed by atoms with Crippen LogP contribution in [0, 0.1) is 6.92 Å². The number of hydrogen-bond donors (Lipinski definition) is 1. The zero-order valence-electron chi connectivity index (χ0n) is 10.5. The summed E-state index contributed by atoms with van der Waals surface area (Å²) in [6.45, 7) is 2.60. The molecular weight excluding hydrogens is 226 g/mol. The lowest BCUT2D eigenvalue weighted by molar-refractivity contribution is 0.339. The fourth-order valence-corrected chi connectivity index (χ4v) is 2.25. The molecule has 4 heteroatoms. The van der Waals surface area contributed by atoms with E-state index in [9.17, 15) is 0 Å². The summed E-state index contributed by atoms with van der Waals surface area (Å²) in [6.07, 6.45) is 0. The molecule has 1 aliphatic heterocycles. The molecule has 0 aliphatic carbocycles. The van der Waals surface area contributed by atoms with Gasteiger partial charge in [0.1, 0.15) is 24.0 Å². The van der Waals surface area contributed by atoms with Crippen molar-refractivity contribution in [3.8, 4) is 5.75 Å². The Kier molecular flexibility index (Phi) is 2.63. The largest absolute Gasteiger partial charge is 0.492 e. The van der Waals surface area contributed by atoms with Gasteiger partial charge in [-0.15, -0.1) is 0 Å². The van der Waals surface area contributed by atoms with Gasteiger partial charge in [0.2, 0.25) is 0 Å². The number of para-hydroxylation sites is 1. The normalized spacial score (nSPS) is 17.1. The molecule has 0 bridgehead atoms. The second-order valence-electron chi connectivity index (χ2n) is 4.40. The summed E-state index contributed by atoms with van der Waals surface area (Å²) in [5, 5.41) is 3.06. The van der Waals surface area contributed by atoms with Crippen molar-refractivity contribution in [1.29, 1.82) is 0 Å². The number of ether oxygens (including phenoxy) is 1. The molecule has 92 valence electrons. The molecular formula is C14H15N3O. The van der Waals surface area contributed by atoms with Gasteiger partial charge in [-0.25, -0.2) is 9.97 Å². The first-order valence-corrected chi connectivity index (χ1v) is 6.03. The van der Waals surface area contributed by atoms with Gasteiger partial charge < -0.3 is 10.1 Å². The average molecular weight is 241 g/mol. The number of aryl methyl sites for hydroxylation is 1. The fourth-order valence-electron chi connectivity index (χ4n) is 2.25. The van der Waals surface area contributed by atoms with Crippen molar-refractivity contribution >= 4 is 5.82 Å². The number of rotatable bonds is 2. The van der Waals surface area contributed by atoms with E-state index in [0.717, 1.165) is 23.1 Å². The molecule has 1 aromatic carbocycles. The van der Waals surface area contributed by atoms with Gasteiger partial charge in [0.15, 0.2) is 0 Å². The summed E-state index contributed by atoms with van der Waals surface area (Å²) < 4.78 is 5.68. The van der Waals surface area contributed by atoms with E-state index in [4.69, 9.17) is 4.74 Å². The van der Waals surface area contributed by atoms with Crippen LogP contribution in [0.1, 0.15) is 23.0 Å². The highest BCUT2D eigenvalue weighted by Gasteiger charge is 2.27. The van der Waals surface area contributed by atoms with E-state index < -0.39 is 0 Å². The first-order chi connectivity index (χ1) is 8.78. The highest BCUT2D eigenvalue weighted by molar-refractivity contribution is 5.44. The number of nitrogens with one attached hydrogen (secondary N) is 1. The lowest BCUT2D eigenvalue weighted by atomic mass is 10.0. The number of hydrogen-bond acceptors (Lipinski definition) is 4. The van der Waals surface area contributed by atoms with E-state index in [2.05, 4.69) is 21.4 Å². The van der Waals surface area contributed by atoms with E-state index in [-0.39, 0.29) is 5.92 Å². The smallest absolute Gasteiger partial charge is 0.142 e. The molecule has 0 fully saturated rings. The Bertz CT molecular complexity index is 583. The van der Waals surface area contributed by atoms with Gasteiger partial charge in [0.25, 0.3) is 0 Å². The fraction of sp³-hybridized carbons (Fsp3) is 0.286. The van der Waals surface area contributed by atoms with Crippen LogP contribution in [0.2, 0.25) is 0 Å². The molecule has 1 N–H and O–H groups in total. The highest BCUT2D eigenvalue weighted by atomic mass is 16.5. The molecule has 0 saturated heterocycles. The second kappa shape index (κ2) is 4.29. The minimum Gasteiger partial charge on any atom is -0.492 e. The number of nitrogens with zero attached hydrogens (tertiary/aromatic N) is 2. The number of fused-ring (bicyclic) bond motifs is 1. The van der Waals surface area contributed by atoms with Crippen LogP contribution in [-0.2, 0) is 0 Å². The van der Waals surface area contributed by atoms with Crippen LogP contribution in [0.4, 0.5) is 5.82 Å². The quantitative estimate of drug-likeness (QED) is 0.876. The molecule has 1 unspecified atom stereocenters. The molecule has 2 aromatic rings. The summed E-state index contributed by atoms with van der Waals surface area (Å²) in [6, 6.07) is 10.0. The van der Waals surface area contributed by atoms with E-state index in [1.54, 1.807) is 0 Å². The average Bonchev–Trinajstić information content (AvgIpc) is 2.81. The molecule has 1 atom stereocenters. The third-order valence-electron chi connectivity index (χ3n) is 3.14. The third kappa shape index (κ3) is 1.79. The van der Waals surface area contributed by atoms with Gasteiger partial charge in [-0.3, -0.25) is 0 Å². The Morgan fingerprint density at radius 1 is 1.28 bits per heavy atom. The predicted octanol–water partition coefficient (Wildman–Crippen LogP) is 2.35. The SMILES string of the molecule is CNc1cc(C)nc(C2COc3ccccc32)n1. The monoisotopic (exact) mass is 241 g/mol. The summed E-state index contributed by atoms with van der Waals surface area (Å²) in [4.78, 5) is 9.06. The summed E-state index contributed by atoms with van der Waals surface area (Å²) >= 11 is 0. The maximum atomic E-state index is 5.68. The van der Waals surface area contributed by atoms with E-state index in [1.165, 1.54) is 5.56 Å². The topological polar surface area (TPSA) is 47.0 Å². The Morgan fingerprint density at radius 2 is 2.11 bits per heavy atom. The van der Waals surface area contributed by atoms with Crippen molar-refractivity contribution in [1.82, 2.24) is 9.97 Å². The van der Waals surface area contributed by atoms with Crippen LogP contribution in [0.15, 0.2) is 30.3 Å². The molecule has 0 radical (unpaired) electrons. The van der Waals surface area contributed by atoms with Crippen molar-refractivity contribution in [3.63, 3.8) is 0 Å². The minimum absolute atomic E-state index is 0.133. The van der Waals surface area contributed by atoms with Gasteiger partial charge in [-0.1, -0.05) is 18.2 Å². The number of benzene rings is 1. The molecule has 4 nitrogen and oxygen atoms in total. The van der Waals surface area contributed by atoms with Crippen LogP contribution in [0.5, 0.6) is 5.75 Å². The van der Waals surface area contributed by atoms with Crippen LogP contribution < -0.4 is 10.1 Å². The molecule has 1 aliphatic rings. The van der Waals surface area contributed by atoms with E-state index >= 15 is 0 Å². The van der Waals surface area contributed by atoms with Crippen molar-refractivity contribution in [3.05, 3.63) is 47.4 Å². The third-order valence-corrected chi connectivity index (χ3v) is 3.14. The minimum atomic E-state index is 0.133. The number of anilines is 1. The van der Waals surface area contributed by atoms with Gasteiger partial charge in [0, 0.05) is 24.4 Å². The molecule has 2 heterocycles. The van der Waals surface area contributed by atoms with Crippen LogP contribution in [0.25, 0.3) is 0 Å².